The number of benzene rings is 2. The average molecular weight is 385 g/mol. The number of nitrogens with zero attached hydrogens (tertiary/aromatic N) is 1. The fourth-order valence-electron chi connectivity index (χ4n) is 2.24. The van der Waals surface area contributed by atoms with E-state index in [9.17, 15) is 18.5 Å². The molecule has 8 nitrogen and oxygen atoms in total. The Balaban J connectivity index is 1.90. The molecule has 0 fully saturated rings. The molecule has 10 heteroatoms. The zero-order chi connectivity index (χ0) is 18.0. The first-order valence-electron chi connectivity index (χ1n) is 7.23. The lowest BCUT2D eigenvalue weighted by atomic mass is 10.3. The van der Waals surface area contributed by atoms with Gasteiger partial charge in [0, 0.05) is 18.6 Å². The minimum atomic E-state index is -4.03. The monoisotopic (exact) mass is 384 g/mol. The first kappa shape index (κ1) is 17.3. The van der Waals surface area contributed by atoms with Gasteiger partial charge < -0.3 is 9.47 Å². The quantitative estimate of drug-likeness (QED) is 0.640. The van der Waals surface area contributed by atoms with Gasteiger partial charge in [-0.1, -0.05) is 11.6 Å². The van der Waals surface area contributed by atoms with Crippen LogP contribution >= 0.6 is 11.6 Å². The van der Waals surface area contributed by atoms with E-state index in [4.69, 9.17) is 21.1 Å². The number of hydrogen-bond donors (Lipinski definition) is 1. The molecule has 0 spiro atoms. The SMILES string of the molecule is O=[N+]([O-])c1cc(S(=O)(=O)Nc2ccc3c(c2)OCCCO3)ccc1Cl. The molecule has 3 rings (SSSR count). The molecule has 0 aromatic heterocycles. The van der Waals surface area contributed by atoms with Gasteiger partial charge in [0.2, 0.25) is 0 Å². The van der Waals surface area contributed by atoms with Crippen LogP contribution in [-0.4, -0.2) is 26.6 Å². The van der Waals surface area contributed by atoms with Gasteiger partial charge in [0.15, 0.2) is 11.5 Å². The van der Waals surface area contributed by atoms with Crippen LogP contribution in [0.4, 0.5) is 11.4 Å². The molecule has 1 N–H and O–H groups in total. The van der Waals surface area contributed by atoms with Gasteiger partial charge >= 0.3 is 0 Å². The maximum Gasteiger partial charge on any atom is 0.289 e. The molecule has 1 heterocycles. The lowest BCUT2D eigenvalue weighted by Gasteiger charge is -2.12. The van der Waals surface area contributed by atoms with Crippen LogP contribution in [0.5, 0.6) is 11.5 Å². The Morgan fingerprint density at radius 3 is 2.52 bits per heavy atom. The number of sulfonamides is 1. The number of nitro groups is 1. The number of ether oxygens (including phenoxy) is 2. The average Bonchev–Trinajstić information content (AvgIpc) is 2.79. The van der Waals surface area contributed by atoms with Gasteiger partial charge in [-0.3, -0.25) is 14.8 Å². The van der Waals surface area contributed by atoms with Crippen LogP contribution < -0.4 is 14.2 Å². The Hall–Kier alpha value is -2.52. The number of halogens is 1. The topological polar surface area (TPSA) is 108 Å². The van der Waals surface area contributed by atoms with Crippen molar-refractivity contribution in [3.8, 4) is 11.5 Å². The Kier molecular flexibility index (Phi) is 4.69. The first-order chi connectivity index (χ1) is 11.9. The minimum absolute atomic E-state index is 0.139. The van der Waals surface area contributed by atoms with Gasteiger partial charge in [-0.05, 0) is 24.3 Å². The van der Waals surface area contributed by atoms with Crippen molar-refractivity contribution >= 4 is 33.0 Å². The van der Waals surface area contributed by atoms with E-state index in [1.165, 1.54) is 24.3 Å². The maximum atomic E-state index is 12.5. The summed E-state index contributed by atoms with van der Waals surface area (Å²) in [5, 5.41) is 10.8. The molecule has 0 radical (unpaired) electrons. The summed E-state index contributed by atoms with van der Waals surface area (Å²) in [7, 11) is -4.03. The van der Waals surface area contributed by atoms with Crippen molar-refractivity contribution in [3.05, 3.63) is 51.5 Å². The summed E-state index contributed by atoms with van der Waals surface area (Å²) < 4.78 is 38.3. The lowest BCUT2D eigenvalue weighted by Crippen LogP contribution is -2.13. The van der Waals surface area contributed by atoms with Crippen molar-refractivity contribution in [3.63, 3.8) is 0 Å². The molecule has 1 aliphatic heterocycles. The predicted molar refractivity (Wildman–Crippen MR) is 91.0 cm³/mol. The third-order valence-electron chi connectivity index (χ3n) is 3.42. The first-order valence-corrected chi connectivity index (χ1v) is 9.09. The zero-order valence-corrected chi connectivity index (χ0v) is 14.3. The number of fused-ring (bicyclic) bond motifs is 1. The van der Waals surface area contributed by atoms with Gasteiger partial charge in [0.05, 0.1) is 28.7 Å². The molecule has 0 amide bonds. The Morgan fingerprint density at radius 1 is 1.08 bits per heavy atom. The highest BCUT2D eigenvalue weighted by Crippen LogP contribution is 2.33. The van der Waals surface area contributed by atoms with Gasteiger partial charge in [-0.15, -0.1) is 0 Å². The van der Waals surface area contributed by atoms with Gasteiger partial charge in [-0.25, -0.2) is 8.42 Å². The Labute approximate surface area is 148 Å². The minimum Gasteiger partial charge on any atom is -0.490 e. The molecule has 0 atom stereocenters. The summed E-state index contributed by atoms with van der Waals surface area (Å²) in [6.07, 6.45) is 0.726. The second-order valence-electron chi connectivity index (χ2n) is 5.19. The van der Waals surface area contributed by atoms with Gasteiger partial charge in [0.25, 0.3) is 15.7 Å². The smallest absolute Gasteiger partial charge is 0.289 e. The second kappa shape index (κ2) is 6.77. The predicted octanol–water partition coefficient (Wildman–Crippen LogP) is 3.21. The molecule has 132 valence electrons. The normalized spacial score (nSPS) is 13.8. The van der Waals surface area contributed by atoms with Crippen molar-refractivity contribution in [2.45, 2.75) is 11.3 Å². The van der Waals surface area contributed by atoms with Crippen molar-refractivity contribution in [2.24, 2.45) is 0 Å². The highest BCUT2D eigenvalue weighted by atomic mass is 35.5. The van der Waals surface area contributed by atoms with E-state index in [2.05, 4.69) is 4.72 Å². The number of hydrogen-bond acceptors (Lipinski definition) is 6. The van der Waals surface area contributed by atoms with E-state index >= 15 is 0 Å². The van der Waals surface area contributed by atoms with E-state index in [0.29, 0.717) is 24.7 Å². The van der Waals surface area contributed by atoms with E-state index in [0.717, 1.165) is 12.5 Å². The molecule has 0 saturated carbocycles. The summed E-state index contributed by atoms with van der Waals surface area (Å²) in [5.74, 6) is 0.961. The van der Waals surface area contributed by atoms with Crippen LogP contribution in [0.1, 0.15) is 6.42 Å². The molecular weight excluding hydrogens is 372 g/mol. The second-order valence-corrected chi connectivity index (χ2v) is 7.28. The highest BCUT2D eigenvalue weighted by molar-refractivity contribution is 7.92. The molecule has 25 heavy (non-hydrogen) atoms. The molecule has 0 aliphatic carbocycles. The van der Waals surface area contributed by atoms with E-state index in [1.807, 2.05) is 0 Å². The Bertz CT molecular complexity index is 932. The molecule has 0 bridgehead atoms. The third kappa shape index (κ3) is 3.77. The number of anilines is 1. The summed E-state index contributed by atoms with van der Waals surface area (Å²) in [6.45, 7) is 0.985. The van der Waals surface area contributed by atoms with Crippen molar-refractivity contribution < 1.29 is 22.8 Å². The summed E-state index contributed by atoms with van der Waals surface area (Å²) >= 11 is 5.71. The molecule has 2 aromatic rings. The fraction of sp³-hybridized carbons (Fsp3) is 0.200. The molecular formula is C15H13ClN2O6S. The largest absolute Gasteiger partial charge is 0.490 e. The van der Waals surface area contributed by atoms with Crippen LogP contribution in [0, 0.1) is 10.1 Å². The molecule has 0 saturated heterocycles. The summed E-state index contributed by atoms with van der Waals surface area (Å²) in [5.41, 5.74) is -0.231. The highest BCUT2D eigenvalue weighted by Gasteiger charge is 2.21. The van der Waals surface area contributed by atoms with Gasteiger partial charge in [0.1, 0.15) is 5.02 Å². The van der Waals surface area contributed by atoms with Crippen LogP contribution in [0.2, 0.25) is 5.02 Å². The zero-order valence-electron chi connectivity index (χ0n) is 12.8. The van der Waals surface area contributed by atoms with E-state index in [-0.39, 0.29) is 15.6 Å². The van der Waals surface area contributed by atoms with Crippen LogP contribution in [0.25, 0.3) is 0 Å². The number of nitro benzene ring substituents is 1. The lowest BCUT2D eigenvalue weighted by molar-refractivity contribution is -0.384. The summed E-state index contributed by atoms with van der Waals surface area (Å²) in [4.78, 5) is 9.92. The van der Waals surface area contributed by atoms with Gasteiger partial charge in [-0.2, -0.15) is 0 Å². The molecule has 1 aliphatic rings. The summed E-state index contributed by atoms with van der Waals surface area (Å²) in [6, 6.07) is 7.90. The standard InChI is InChI=1S/C15H13ClN2O6S/c16-12-4-3-11(9-13(12)18(19)20)25(21,22)17-10-2-5-14-15(8-10)24-7-1-6-23-14/h2-5,8-9,17H,1,6-7H2. The van der Waals surface area contributed by atoms with Crippen LogP contribution in [-0.2, 0) is 10.0 Å². The van der Waals surface area contributed by atoms with E-state index in [1.54, 1.807) is 6.07 Å². The fourth-order valence-corrected chi connectivity index (χ4v) is 3.50. The molecule has 2 aromatic carbocycles. The van der Waals surface area contributed by atoms with Crippen molar-refractivity contribution in [2.75, 3.05) is 17.9 Å². The van der Waals surface area contributed by atoms with E-state index < -0.39 is 20.6 Å². The molecule has 0 unspecified atom stereocenters. The number of rotatable bonds is 4. The third-order valence-corrected chi connectivity index (χ3v) is 5.12. The van der Waals surface area contributed by atoms with Crippen molar-refractivity contribution in [1.29, 1.82) is 0 Å². The van der Waals surface area contributed by atoms with Crippen LogP contribution in [0.3, 0.4) is 0 Å². The Morgan fingerprint density at radius 2 is 1.80 bits per heavy atom. The maximum absolute atomic E-state index is 12.5. The van der Waals surface area contributed by atoms with Crippen LogP contribution in [0.15, 0.2) is 41.3 Å². The number of nitrogens with one attached hydrogen (secondary N) is 1. The van der Waals surface area contributed by atoms with Crippen molar-refractivity contribution in [1.82, 2.24) is 0 Å².